The van der Waals surface area contributed by atoms with Gasteiger partial charge in [0.2, 0.25) is 0 Å². The van der Waals surface area contributed by atoms with Crippen LogP contribution in [0.1, 0.15) is 31.0 Å². The van der Waals surface area contributed by atoms with Crippen molar-refractivity contribution < 1.29 is 9.53 Å². The third kappa shape index (κ3) is 4.65. The predicted molar refractivity (Wildman–Crippen MR) is 106 cm³/mol. The van der Waals surface area contributed by atoms with E-state index in [1.165, 1.54) is 0 Å². The monoisotopic (exact) mass is 358 g/mol. The number of nitrogens with zero attached hydrogens (tertiary/aromatic N) is 1. The Labute approximate surface area is 159 Å². The Morgan fingerprint density at radius 1 is 1.04 bits per heavy atom. The second-order valence-corrected chi connectivity index (χ2v) is 7.09. The average molecular weight is 358 g/mol. The number of nitriles is 1. The van der Waals surface area contributed by atoms with Gasteiger partial charge in [0.25, 0.3) is 0 Å². The number of rotatable bonds is 5. The number of carbonyl (C=O) groups excluding carboxylic acids is 1. The second-order valence-electron chi connectivity index (χ2n) is 7.09. The van der Waals surface area contributed by atoms with Gasteiger partial charge in [-0.05, 0) is 35.7 Å². The number of benzene rings is 3. The lowest BCUT2D eigenvalue weighted by atomic mass is 9.98. The minimum absolute atomic E-state index is 0.590. The summed E-state index contributed by atoms with van der Waals surface area (Å²) in [6.45, 7) is 3.72. The first kappa shape index (κ1) is 18.5. The number of nitrogens with one attached hydrogen (secondary N) is 1. The van der Waals surface area contributed by atoms with E-state index < -0.39 is 17.7 Å². The van der Waals surface area contributed by atoms with Crippen molar-refractivity contribution in [3.05, 3.63) is 83.9 Å². The molecule has 0 spiro atoms. The molecule has 3 rings (SSSR count). The lowest BCUT2D eigenvalue weighted by Crippen LogP contribution is -2.37. The number of ether oxygens (including phenoxy) is 1. The third-order valence-electron chi connectivity index (χ3n) is 4.37. The molecule has 0 heterocycles. The zero-order chi connectivity index (χ0) is 19.3. The quantitative estimate of drug-likeness (QED) is 0.686. The van der Waals surface area contributed by atoms with Crippen molar-refractivity contribution >= 4 is 16.9 Å². The highest BCUT2D eigenvalue weighted by atomic mass is 16.6. The van der Waals surface area contributed by atoms with Crippen LogP contribution in [0.3, 0.4) is 0 Å². The third-order valence-corrected chi connectivity index (χ3v) is 4.37. The van der Waals surface area contributed by atoms with Crippen molar-refractivity contribution in [1.29, 1.82) is 5.26 Å². The van der Waals surface area contributed by atoms with Gasteiger partial charge < -0.3 is 10.1 Å². The first-order valence-electron chi connectivity index (χ1n) is 8.89. The molecule has 0 unspecified atom stereocenters. The standard InChI is InChI=1S/C23H22N2O2/c1-23(2,15-17-9-4-3-5-10-17)27-22(26)25-21(16-24)20-14-8-12-18-11-6-7-13-19(18)20/h3-14,21H,15H2,1-2H3,(H,25,26)/t21-/m0/s1. The fourth-order valence-corrected chi connectivity index (χ4v) is 3.20. The lowest BCUT2D eigenvalue weighted by molar-refractivity contribution is 0.0383. The summed E-state index contributed by atoms with van der Waals surface area (Å²) in [5.41, 5.74) is 1.15. The summed E-state index contributed by atoms with van der Waals surface area (Å²) < 4.78 is 5.61. The van der Waals surface area contributed by atoms with Crippen LogP contribution in [-0.4, -0.2) is 11.7 Å². The highest BCUT2D eigenvalue weighted by Gasteiger charge is 2.25. The molecule has 3 aromatic carbocycles. The topological polar surface area (TPSA) is 62.1 Å². The molecule has 0 bridgehead atoms. The fourth-order valence-electron chi connectivity index (χ4n) is 3.20. The van der Waals surface area contributed by atoms with E-state index in [1.807, 2.05) is 86.6 Å². The smallest absolute Gasteiger partial charge is 0.408 e. The molecular weight excluding hydrogens is 336 g/mol. The molecule has 136 valence electrons. The molecule has 0 aliphatic carbocycles. The van der Waals surface area contributed by atoms with Crippen molar-refractivity contribution in [2.24, 2.45) is 0 Å². The summed E-state index contributed by atoms with van der Waals surface area (Å²) in [6.07, 6.45) is -0.0114. The van der Waals surface area contributed by atoms with Gasteiger partial charge in [-0.2, -0.15) is 5.26 Å². The van der Waals surface area contributed by atoms with Crippen molar-refractivity contribution in [2.45, 2.75) is 31.9 Å². The number of fused-ring (bicyclic) bond motifs is 1. The molecule has 0 radical (unpaired) electrons. The lowest BCUT2D eigenvalue weighted by Gasteiger charge is -2.26. The van der Waals surface area contributed by atoms with Gasteiger partial charge in [-0.1, -0.05) is 72.8 Å². The first-order valence-corrected chi connectivity index (χ1v) is 8.89. The molecule has 0 saturated heterocycles. The van der Waals surface area contributed by atoms with E-state index in [4.69, 9.17) is 4.74 Å². The summed E-state index contributed by atoms with van der Waals surface area (Å²) in [6, 6.07) is 24.7. The van der Waals surface area contributed by atoms with Gasteiger partial charge in [-0.25, -0.2) is 4.79 Å². The van der Waals surface area contributed by atoms with E-state index in [2.05, 4.69) is 11.4 Å². The van der Waals surface area contributed by atoms with Crippen LogP contribution in [0.4, 0.5) is 4.79 Å². The Hall–Kier alpha value is -3.32. The first-order chi connectivity index (χ1) is 13.0. The summed E-state index contributed by atoms with van der Waals surface area (Å²) in [7, 11) is 0. The largest absolute Gasteiger partial charge is 0.443 e. The number of hydrogen-bond donors (Lipinski definition) is 1. The molecule has 1 atom stereocenters. The zero-order valence-electron chi connectivity index (χ0n) is 15.5. The Morgan fingerprint density at radius 3 is 2.44 bits per heavy atom. The summed E-state index contributed by atoms with van der Waals surface area (Å²) in [4.78, 5) is 12.4. The van der Waals surface area contributed by atoms with Gasteiger partial charge >= 0.3 is 6.09 Å². The van der Waals surface area contributed by atoms with E-state index in [9.17, 15) is 10.1 Å². The van der Waals surface area contributed by atoms with Gasteiger partial charge in [-0.3, -0.25) is 0 Å². The van der Waals surface area contributed by atoms with Crippen molar-refractivity contribution in [1.82, 2.24) is 5.32 Å². The molecule has 0 saturated carbocycles. The Bertz CT molecular complexity index is 969. The van der Waals surface area contributed by atoms with Gasteiger partial charge in [-0.15, -0.1) is 0 Å². The van der Waals surface area contributed by atoms with E-state index in [1.54, 1.807) is 0 Å². The summed E-state index contributed by atoms with van der Waals surface area (Å²) >= 11 is 0. The van der Waals surface area contributed by atoms with Gasteiger partial charge in [0, 0.05) is 6.42 Å². The van der Waals surface area contributed by atoms with Crippen molar-refractivity contribution in [3.8, 4) is 6.07 Å². The molecule has 4 heteroatoms. The average Bonchev–Trinajstić information content (AvgIpc) is 2.65. The van der Waals surface area contributed by atoms with Crippen LogP contribution in [0.2, 0.25) is 0 Å². The van der Waals surface area contributed by atoms with Crippen LogP contribution in [0, 0.1) is 11.3 Å². The maximum absolute atomic E-state index is 12.4. The maximum atomic E-state index is 12.4. The molecule has 0 aromatic heterocycles. The van der Waals surface area contributed by atoms with E-state index >= 15 is 0 Å². The molecule has 3 aromatic rings. The van der Waals surface area contributed by atoms with Crippen LogP contribution in [-0.2, 0) is 11.2 Å². The SMILES string of the molecule is CC(C)(Cc1ccccc1)OC(=O)N[C@@H](C#N)c1cccc2ccccc12. The van der Waals surface area contributed by atoms with Crippen LogP contribution >= 0.6 is 0 Å². The Morgan fingerprint density at radius 2 is 1.70 bits per heavy atom. The maximum Gasteiger partial charge on any atom is 0.408 e. The van der Waals surface area contributed by atoms with E-state index in [0.717, 1.165) is 21.9 Å². The number of carbonyl (C=O) groups is 1. The van der Waals surface area contributed by atoms with Crippen molar-refractivity contribution in [3.63, 3.8) is 0 Å². The molecule has 1 N–H and O–H groups in total. The molecular formula is C23H22N2O2. The molecule has 1 amide bonds. The van der Waals surface area contributed by atoms with Crippen molar-refractivity contribution in [2.75, 3.05) is 0 Å². The van der Waals surface area contributed by atoms with E-state index in [-0.39, 0.29) is 0 Å². The molecule has 0 aliphatic rings. The van der Waals surface area contributed by atoms with Gasteiger partial charge in [0.1, 0.15) is 11.6 Å². The Kier molecular flexibility index (Phi) is 5.42. The van der Waals surface area contributed by atoms with Gasteiger partial charge in [0.15, 0.2) is 0 Å². The van der Waals surface area contributed by atoms with Crippen LogP contribution in [0.15, 0.2) is 72.8 Å². The summed E-state index contributed by atoms with van der Waals surface area (Å²) in [5.74, 6) is 0. The molecule has 4 nitrogen and oxygen atoms in total. The van der Waals surface area contributed by atoms with Crippen LogP contribution in [0.5, 0.6) is 0 Å². The predicted octanol–water partition coefficient (Wildman–Crippen LogP) is 5.15. The van der Waals surface area contributed by atoms with Gasteiger partial charge in [0.05, 0.1) is 6.07 Å². The normalized spacial score (nSPS) is 12.2. The number of hydrogen-bond acceptors (Lipinski definition) is 3. The fraction of sp³-hybridized carbons (Fsp3) is 0.217. The van der Waals surface area contributed by atoms with E-state index in [0.29, 0.717) is 6.42 Å². The number of amides is 1. The number of alkyl carbamates (subject to hydrolysis) is 1. The van der Waals surface area contributed by atoms with Crippen LogP contribution < -0.4 is 5.32 Å². The Balaban J connectivity index is 1.73. The minimum atomic E-state index is -0.781. The minimum Gasteiger partial charge on any atom is -0.443 e. The highest BCUT2D eigenvalue weighted by Crippen LogP contribution is 2.25. The second kappa shape index (κ2) is 7.92. The molecule has 0 fully saturated rings. The highest BCUT2D eigenvalue weighted by molar-refractivity contribution is 5.87. The molecule has 27 heavy (non-hydrogen) atoms. The summed E-state index contributed by atoms with van der Waals surface area (Å²) in [5, 5.41) is 14.3. The van der Waals surface area contributed by atoms with Crippen LogP contribution in [0.25, 0.3) is 10.8 Å². The molecule has 0 aliphatic heterocycles. The zero-order valence-corrected chi connectivity index (χ0v) is 15.5.